The number of carbonyl (C=O) groups excluding carboxylic acids is 7. The van der Waals surface area contributed by atoms with Crippen LogP contribution in [0.1, 0.15) is 74.3 Å². The number of carbonyl (C=O) groups is 10. The van der Waals surface area contributed by atoms with Crippen LogP contribution in [0.25, 0.3) is 11.2 Å². The fourth-order valence-corrected chi connectivity index (χ4v) is 12.1. The van der Waals surface area contributed by atoms with E-state index in [9.17, 15) is 68.1 Å². The molecule has 30 heteroatoms. The number of hydrogen-bond acceptors (Lipinski definition) is 23. The number of allylic oxidation sites excluding steroid dienone is 2. The number of piperazine rings is 1. The van der Waals surface area contributed by atoms with Crippen LogP contribution in [0.2, 0.25) is 0 Å². The highest BCUT2D eigenvalue weighted by molar-refractivity contribution is 8.76. The maximum absolute atomic E-state index is 14.1. The zero-order valence-electron chi connectivity index (χ0n) is 42.6. The second-order valence-electron chi connectivity index (χ2n) is 19.1. The fourth-order valence-electron chi connectivity index (χ4n) is 9.85. The minimum Gasteiger partial charge on any atom is -0.481 e. The number of aromatic nitrogens is 4. The van der Waals surface area contributed by atoms with Crippen LogP contribution in [0.15, 0.2) is 57.7 Å². The summed E-state index contributed by atoms with van der Waals surface area (Å²) in [6.07, 6.45) is -1.79. The summed E-state index contributed by atoms with van der Waals surface area (Å²) >= 11 is 0. The lowest BCUT2D eigenvalue weighted by molar-refractivity contribution is -0.144. The van der Waals surface area contributed by atoms with Crippen LogP contribution in [-0.2, 0) is 54.4 Å². The summed E-state index contributed by atoms with van der Waals surface area (Å²) in [5.41, 5.74) is 17.3. The molecule has 14 N–H and O–H groups in total. The van der Waals surface area contributed by atoms with Crippen LogP contribution in [0, 0.1) is 11.8 Å². The third-order valence-corrected chi connectivity index (χ3v) is 16.4. The number of nitrogens with one attached hydrogen (secondary N) is 5. The number of primary amides is 1. The molecule has 0 bridgehead atoms. The number of carboxylic acids is 3. The van der Waals surface area contributed by atoms with Gasteiger partial charge >= 0.3 is 24.0 Å². The molecule has 28 nitrogen and oxygen atoms in total. The molecule has 0 saturated carbocycles. The van der Waals surface area contributed by atoms with Crippen molar-refractivity contribution in [3.8, 4) is 0 Å². The lowest BCUT2D eigenvalue weighted by Crippen LogP contribution is -2.55. The van der Waals surface area contributed by atoms with Crippen molar-refractivity contribution in [2.45, 2.75) is 101 Å². The molecule has 0 spiro atoms. The van der Waals surface area contributed by atoms with Crippen LogP contribution < -0.4 is 44.0 Å². The van der Waals surface area contributed by atoms with Crippen molar-refractivity contribution in [3.05, 3.63) is 74.5 Å². The van der Waals surface area contributed by atoms with Gasteiger partial charge < -0.3 is 68.2 Å². The largest absolute Gasteiger partial charge is 0.481 e. The van der Waals surface area contributed by atoms with Crippen molar-refractivity contribution >= 4 is 103 Å². The number of hydrogen-bond donors (Lipinski definition) is 11. The number of fused-ring (bicyclic) bond motifs is 5. The van der Waals surface area contributed by atoms with E-state index in [0.717, 1.165) is 10.8 Å². The standard InChI is InChI=1S/C49H58N12O16S2/c1-21-27(39(67)35-28(19-77-48(52)75)49(76-2)40-31(56-40)18-61(49)37(35)38(21)66)4-3-13-78-79-20-32(46(73)74)58-43(69)23(15-34(64)65)14-33(63)29(50)11-9-26(62)10-12-30(45(71)72)57-42(68)22-5-7-24(8-6-22)53-16-25-17-54-41-36(55-25)44(70)60-47(51)59-41/h5-8,17,23,28-32,40,53,56H,3-4,9-16,18-20,50H2,1-2H3,(H2,52,75)(H,57,68)(H,58,69)(H,64,65)(H,71,72)(H,73,74)(H3,51,54,59,60,70)/t23-,28+,29-,30+,31-,32-,40-,49+/m0/s1. The van der Waals surface area contributed by atoms with Gasteiger partial charge in [0.25, 0.3) is 11.5 Å². The Morgan fingerprint density at radius 2 is 1.65 bits per heavy atom. The predicted molar refractivity (Wildman–Crippen MR) is 281 cm³/mol. The summed E-state index contributed by atoms with van der Waals surface area (Å²) in [5, 5.41) is 40.3. The second kappa shape index (κ2) is 25.3. The van der Waals surface area contributed by atoms with Crippen molar-refractivity contribution in [2.24, 2.45) is 23.3 Å². The predicted octanol–water partition coefficient (Wildman–Crippen LogP) is -0.225. The monoisotopic (exact) mass is 1130 g/mol. The Labute approximate surface area is 456 Å². The molecular weight excluding hydrogens is 1080 g/mol. The van der Waals surface area contributed by atoms with E-state index in [1.807, 2.05) is 0 Å². The zero-order valence-corrected chi connectivity index (χ0v) is 44.2. The summed E-state index contributed by atoms with van der Waals surface area (Å²) in [7, 11) is 3.78. The number of anilines is 2. The molecule has 4 aliphatic rings. The van der Waals surface area contributed by atoms with E-state index in [4.69, 9.17) is 26.7 Å². The Bertz CT molecular complexity index is 3100. The third-order valence-electron chi connectivity index (χ3n) is 13.9. The minimum absolute atomic E-state index is 0.00170. The smallest absolute Gasteiger partial charge is 0.404 e. The van der Waals surface area contributed by atoms with Gasteiger partial charge in [0.05, 0.1) is 54.5 Å². The Morgan fingerprint density at radius 3 is 2.32 bits per heavy atom. The van der Waals surface area contributed by atoms with Crippen molar-refractivity contribution < 1.29 is 72.7 Å². The molecule has 2 fully saturated rings. The Kier molecular flexibility index (Phi) is 18.9. The van der Waals surface area contributed by atoms with Gasteiger partial charge in [-0.25, -0.2) is 24.4 Å². The highest BCUT2D eigenvalue weighted by atomic mass is 33.1. The number of nitrogens with two attached hydrogens (primary N) is 3. The Hall–Kier alpha value is -7.80. The first-order valence-corrected chi connectivity index (χ1v) is 27.3. The zero-order chi connectivity index (χ0) is 57.5. The molecular formula is C49H58N12O16S2. The van der Waals surface area contributed by atoms with Gasteiger partial charge in [-0.15, -0.1) is 0 Å². The molecule has 5 heterocycles. The van der Waals surface area contributed by atoms with E-state index in [1.165, 1.54) is 36.2 Å². The molecule has 79 heavy (non-hydrogen) atoms. The molecule has 8 atom stereocenters. The van der Waals surface area contributed by atoms with Gasteiger partial charge in [-0.2, -0.15) is 4.98 Å². The number of Topliss-reactive ketones (excluding diaryl/α,β-unsaturated/α-hetero) is 4. The number of nitrogens with zero attached hydrogens (tertiary/aromatic N) is 4. The highest BCUT2D eigenvalue weighted by Crippen LogP contribution is 2.56. The van der Waals surface area contributed by atoms with Gasteiger partial charge in [0.15, 0.2) is 22.7 Å². The minimum atomic E-state index is -1.53. The fraction of sp³-hybridized carbons (Fsp3) is 0.469. The number of rotatable bonds is 30. The number of ketones is 4. The topological polar surface area (TPSA) is 461 Å². The number of benzene rings is 1. The molecule has 7 rings (SSSR count). The normalized spacial score (nSPS) is 20.6. The lowest BCUT2D eigenvalue weighted by atomic mass is 9.79. The van der Waals surface area contributed by atoms with Crippen molar-refractivity contribution in [1.82, 2.24) is 40.8 Å². The second-order valence-corrected chi connectivity index (χ2v) is 21.7. The molecule has 3 aliphatic heterocycles. The molecule has 3 amide bonds. The molecule has 1 aliphatic carbocycles. The molecule has 2 aromatic heterocycles. The lowest BCUT2D eigenvalue weighted by Gasteiger charge is -2.39. The van der Waals surface area contributed by atoms with Crippen molar-refractivity contribution in [1.29, 1.82) is 0 Å². The van der Waals surface area contributed by atoms with Crippen molar-refractivity contribution in [2.75, 3.05) is 42.8 Å². The number of ether oxygens (including phenoxy) is 2. The van der Waals surface area contributed by atoms with Crippen LogP contribution in [0.4, 0.5) is 16.4 Å². The van der Waals surface area contributed by atoms with Crippen LogP contribution in [0.3, 0.4) is 0 Å². The van der Waals surface area contributed by atoms with E-state index in [1.54, 1.807) is 24.0 Å². The Balaban J connectivity index is 0.822. The van der Waals surface area contributed by atoms with Crippen LogP contribution in [0.5, 0.6) is 0 Å². The number of amides is 3. The summed E-state index contributed by atoms with van der Waals surface area (Å²) in [4.78, 5) is 156. The van der Waals surface area contributed by atoms with Crippen molar-refractivity contribution in [3.63, 3.8) is 0 Å². The maximum atomic E-state index is 14.1. The number of H-pyrrole nitrogens is 1. The van der Waals surface area contributed by atoms with E-state index in [-0.39, 0.29) is 120 Å². The van der Waals surface area contributed by atoms with Gasteiger partial charge in [0.2, 0.25) is 17.6 Å². The summed E-state index contributed by atoms with van der Waals surface area (Å²) < 4.78 is 11.2. The maximum Gasteiger partial charge on any atom is 0.404 e. The first-order valence-electron chi connectivity index (χ1n) is 24.8. The molecule has 2 saturated heterocycles. The van der Waals surface area contributed by atoms with E-state index in [2.05, 4.69) is 41.2 Å². The Morgan fingerprint density at radius 1 is 0.937 bits per heavy atom. The number of aromatic amines is 1. The molecule has 1 aromatic carbocycles. The van der Waals surface area contributed by atoms with E-state index in [0.29, 0.717) is 30.1 Å². The molecule has 422 valence electrons. The first-order chi connectivity index (χ1) is 37.5. The molecule has 3 aromatic rings. The summed E-state index contributed by atoms with van der Waals surface area (Å²) in [6, 6.07) is 1.46. The number of aliphatic carboxylic acids is 3. The molecule has 0 unspecified atom stereocenters. The summed E-state index contributed by atoms with van der Waals surface area (Å²) in [5.74, 6) is -10.3. The van der Waals surface area contributed by atoms with Gasteiger partial charge in [-0.1, -0.05) is 21.6 Å². The highest BCUT2D eigenvalue weighted by Gasteiger charge is 2.72. The van der Waals surface area contributed by atoms with Gasteiger partial charge in [0, 0.05) is 78.4 Å². The van der Waals surface area contributed by atoms with Gasteiger partial charge in [-0.05, 0) is 56.9 Å². The van der Waals surface area contributed by atoms with E-state index >= 15 is 0 Å². The van der Waals surface area contributed by atoms with Gasteiger partial charge in [0.1, 0.15) is 30.3 Å². The summed E-state index contributed by atoms with van der Waals surface area (Å²) in [6.45, 7) is 1.85. The number of nitrogen functional groups attached to an aromatic ring is 1. The average Bonchev–Trinajstić information content (AvgIpc) is 3.78. The number of methoxy groups -OCH3 is 1. The average molecular weight is 1140 g/mol. The van der Waals surface area contributed by atoms with E-state index < -0.39 is 101 Å². The quantitative estimate of drug-likeness (QED) is 0.0178. The number of carboxylic acid groups (broad SMARTS) is 3. The SMILES string of the molecule is CO[C@@]12[C@H](COC(N)=O)C3=C(C(=O)C(C)=C(CCCSSC[C@H](NC(=O)[C@H](CC(=O)O)CC(=O)[C@@H](N)CCC(=O)CC[C@@H](NC(=O)c4ccc(NCc5cnc6nc(N)[nH]c(=O)c6n5)cc4)C(=O)O)C(=O)O)C3=O)N1C[C@@H]1N[C@@H]12. The van der Waals surface area contributed by atoms with Crippen LogP contribution >= 0.6 is 21.6 Å². The third kappa shape index (κ3) is 13.6. The first kappa shape index (κ1) is 58.9. The van der Waals surface area contributed by atoms with Crippen LogP contribution in [-0.4, -0.2) is 167 Å². The molecule has 0 radical (unpaired) electrons. The van der Waals surface area contributed by atoms with Gasteiger partial charge in [-0.3, -0.25) is 43.3 Å².